The normalized spacial score (nSPS) is 10.3. The van der Waals surface area contributed by atoms with E-state index in [2.05, 4.69) is 10.3 Å². The lowest BCUT2D eigenvalue weighted by Gasteiger charge is -2.01. The van der Waals surface area contributed by atoms with E-state index >= 15 is 0 Å². The van der Waals surface area contributed by atoms with Gasteiger partial charge in [0.25, 0.3) is 0 Å². The Morgan fingerprint density at radius 2 is 2.19 bits per heavy atom. The molecule has 1 N–H and O–H groups in total. The summed E-state index contributed by atoms with van der Waals surface area (Å²) in [5, 5.41) is 16.7. The molecule has 0 aliphatic heterocycles. The summed E-state index contributed by atoms with van der Waals surface area (Å²) in [5.41, 5.74) is 1.07. The van der Waals surface area contributed by atoms with Crippen LogP contribution in [0.3, 0.4) is 0 Å². The zero-order valence-electron chi connectivity index (χ0n) is 8.17. The molecular formula is C10H8ClN3O2. The Balaban J connectivity index is 2.32. The zero-order valence-corrected chi connectivity index (χ0v) is 8.92. The molecule has 6 heteroatoms. The molecule has 0 unspecified atom stereocenters. The molecule has 0 saturated carbocycles. The van der Waals surface area contributed by atoms with E-state index in [4.69, 9.17) is 16.7 Å². The number of halogens is 1. The summed E-state index contributed by atoms with van der Waals surface area (Å²) in [7, 11) is 0. The monoisotopic (exact) mass is 237 g/mol. The van der Waals surface area contributed by atoms with E-state index in [9.17, 15) is 4.79 Å². The van der Waals surface area contributed by atoms with Crippen molar-refractivity contribution < 1.29 is 9.90 Å². The number of rotatable bonds is 3. The fourth-order valence-electron chi connectivity index (χ4n) is 1.29. The number of carboxylic acid groups (broad SMARTS) is 1. The molecule has 0 atom stereocenters. The Bertz CT molecular complexity index is 524. The van der Waals surface area contributed by atoms with Gasteiger partial charge in [-0.05, 0) is 12.1 Å². The van der Waals surface area contributed by atoms with Gasteiger partial charge in [0.05, 0.1) is 29.0 Å². The van der Waals surface area contributed by atoms with Gasteiger partial charge in [0.2, 0.25) is 0 Å². The molecule has 1 aromatic heterocycles. The van der Waals surface area contributed by atoms with Crippen molar-refractivity contribution in [3.8, 4) is 5.69 Å². The second kappa shape index (κ2) is 4.32. The molecule has 5 nitrogen and oxygen atoms in total. The maximum Gasteiger partial charge on any atom is 0.309 e. The topological polar surface area (TPSA) is 68.0 Å². The number of hydrogen-bond acceptors (Lipinski definition) is 3. The van der Waals surface area contributed by atoms with Crippen LogP contribution in [0.4, 0.5) is 0 Å². The highest BCUT2D eigenvalue weighted by Gasteiger charge is 2.08. The van der Waals surface area contributed by atoms with Gasteiger partial charge in [-0.15, -0.1) is 5.10 Å². The van der Waals surface area contributed by atoms with E-state index in [1.807, 2.05) is 6.07 Å². The summed E-state index contributed by atoms with van der Waals surface area (Å²) in [4.78, 5) is 10.5. The Morgan fingerprint density at radius 3 is 2.88 bits per heavy atom. The zero-order chi connectivity index (χ0) is 11.5. The number of aromatic nitrogens is 3. The highest BCUT2D eigenvalue weighted by atomic mass is 35.5. The first kappa shape index (κ1) is 10.6. The molecule has 0 aliphatic rings. The van der Waals surface area contributed by atoms with Crippen molar-refractivity contribution in [1.82, 2.24) is 15.0 Å². The van der Waals surface area contributed by atoms with Crippen LogP contribution in [0.5, 0.6) is 0 Å². The predicted molar refractivity (Wildman–Crippen MR) is 57.7 cm³/mol. The third kappa shape index (κ3) is 2.20. The highest BCUT2D eigenvalue weighted by Crippen LogP contribution is 2.18. The minimum absolute atomic E-state index is 0.148. The van der Waals surface area contributed by atoms with Gasteiger partial charge in [0.15, 0.2) is 0 Å². The van der Waals surface area contributed by atoms with Crippen molar-refractivity contribution in [3.05, 3.63) is 41.2 Å². The molecule has 16 heavy (non-hydrogen) atoms. The lowest BCUT2D eigenvalue weighted by molar-refractivity contribution is -0.136. The Kier molecular flexibility index (Phi) is 2.87. The fourth-order valence-corrected chi connectivity index (χ4v) is 1.51. The van der Waals surface area contributed by atoms with Crippen LogP contribution in [0, 0.1) is 0 Å². The molecule has 0 aliphatic carbocycles. The second-order valence-corrected chi connectivity index (χ2v) is 3.58. The van der Waals surface area contributed by atoms with Crippen LogP contribution >= 0.6 is 11.6 Å². The van der Waals surface area contributed by atoms with Crippen LogP contribution in [0.15, 0.2) is 30.5 Å². The largest absolute Gasteiger partial charge is 0.481 e. The molecule has 0 saturated heterocycles. The van der Waals surface area contributed by atoms with Crippen LogP contribution in [0.25, 0.3) is 5.69 Å². The van der Waals surface area contributed by atoms with Gasteiger partial charge in [-0.25, -0.2) is 4.68 Å². The van der Waals surface area contributed by atoms with Crippen LogP contribution in [-0.4, -0.2) is 26.1 Å². The SMILES string of the molecule is O=C(O)Cc1cn(-c2ccccc2Cl)nn1. The van der Waals surface area contributed by atoms with Gasteiger partial charge in [-0.2, -0.15) is 0 Å². The van der Waals surface area contributed by atoms with E-state index in [0.717, 1.165) is 0 Å². The van der Waals surface area contributed by atoms with Gasteiger partial charge in [-0.3, -0.25) is 4.79 Å². The molecule has 1 aromatic carbocycles. The number of para-hydroxylation sites is 1. The van der Waals surface area contributed by atoms with Crippen molar-refractivity contribution in [2.45, 2.75) is 6.42 Å². The first-order valence-corrected chi connectivity index (χ1v) is 4.92. The minimum Gasteiger partial charge on any atom is -0.481 e. The standard InChI is InChI=1S/C10H8ClN3O2/c11-8-3-1-2-4-9(8)14-6-7(12-13-14)5-10(15)16/h1-4,6H,5H2,(H,15,16). The highest BCUT2D eigenvalue weighted by molar-refractivity contribution is 6.32. The average molecular weight is 238 g/mol. The third-order valence-corrected chi connectivity index (χ3v) is 2.29. The number of hydrogen-bond donors (Lipinski definition) is 1. The van der Waals surface area contributed by atoms with Crippen molar-refractivity contribution in [2.75, 3.05) is 0 Å². The molecular weight excluding hydrogens is 230 g/mol. The Morgan fingerprint density at radius 1 is 1.44 bits per heavy atom. The molecule has 0 bridgehead atoms. The van der Waals surface area contributed by atoms with Gasteiger partial charge in [0.1, 0.15) is 0 Å². The smallest absolute Gasteiger partial charge is 0.309 e. The summed E-state index contributed by atoms with van der Waals surface area (Å²) < 4.78 is 1.46. The fraction of sp³-hybridized carbons (Fsp3) is 0.100. The lowest BCUT2D eigenvalue weighted by Crippen LogP contribution is -2.00. The third-order valence-electron chi connectivity index (χ3n) is 1.97. The van der Waals surface area contributed by atoms with E-state index in [1.54, 1.807) is 24.4 Å². The van der Waals surface area contributed by atoms with Crippen molar-refractivity contribution in [3.63, 3.8) is 0 Å². The number of aliphatic carboxylic acids is 1. The van der Waals surface area contributed by atoms with Crippen LogP contribution in [0.1, 0.15) is 5.69 Å². The lowest BCUT2D eigenvalue weighted by atomic mass is 10.3. The maximum absolute atomic E-state index is 10.5. The summed E-state index contributed by atoms with van der Waals surface area (Å²) in [6.45, 7) is 0. The molecule has 2 aromatic rings. The Hall–Kier alpha value is -1.88. The summed E-state index contributed by atoms with van der Waals surface area (Å²) >= 11 is 5.97. The molecule has 82 valence electrons. The van der Waals surface area contributed by atoms with E-state index in [1.165, 1.54) is 4.68 Å². The average Bonchev–Trinajstić information content (AvgIpc) is 2.66. The quantitative estimate of drug-likeness (QED) is 0.880. The van der Waals surface area contributed by atoms with Crippen LogP contribution in [-0.2, 0) is 11.2 Å². The van der Waals surface area contributed by atoms with Gasteiger partial charge >= 0.3 is 5.97 Å². The number of carboxylic acids is 1. The van der Waals surface area contributed by atoms with Crippen molar-refractivity contribution in [1.29, 1.82) is 0 Å². The molecule has 2 rings (SSSR count). The number of benzene rings is 1. The van der Waals surface area contributed by atoms with Crippen molar-refractivity contribution >= 4 is 17.6 Å². The molecule has 0 fully saturated rings. The molecule has 0 amide bonds. The predicted octanol–water partition coefficient (Wildman–Crippen LogP) is 1.55. The molecule has 0 radical (unpaired) electrons. The Labute approximate surface area is 96.3 Å². The number of carbonyl (C=O) groups is 1. The van der Waals surface area contributed by atoms with E-state index < -0.39 is 5.97 Å². The van der Waals surface area contributed by atoms with Gasteiger partial charge in [0, 0.05) is 0 Å². The van der Waals surface area contributed by atoms with E-state index in [0.29, 0.717) is 16.4 Å². The van der Waals surface area contributed by atoms with Crippen LogP contribution in [0.2, 0.25) is 5.02 Å². The van der Waals surface area contributed by atoms with E-state index in [-0.39, 0.29) is 6.42 Å². The summed E-state index contributed by atoms with van der Waals surface area (Å²) in [6, 6.07) is 7.14. The van der Waals surface area contributed by atoms with Crippen molar-refractivity contribution in [2.24, 2.45) is 0 Å². The summed E-state index contributed by atoms with van der Waals surface area (Å²) in [5.74, 6) is -0.939. The second-order valence-electron chi connectivity index (χ2n) is 3.18. The summed E-state index contributed by atoms with van der Waals surface area (Å²) in [6.07, 6.45) is 1.40. The first-order valence-electron chi connectivity index (χ1n) is 4.55. The molecule has 0 spiro atoms. The minimum atomic E-state index is -0.939. The van der Waals surface area contributed by atoms with Gasteiger partial charge in [-0.1, -0.05) is 28.9 Å². The van der Waals surface area contributed by atoms with Crippen LogP contribution < -0.4 is 0 Å². The maximum atomic E-state index is 10.5. The molecule has 1 heterocycles. The number of nitrogens with zero attached hydrogens (tertiary/aromatic N) is 3. The van der Waals surface area contributed by atoms with Gasteiger partial charge < -0.3 is 5.11 Å². The first-order chi connectivity index (χ1) is 7.66.